The van der Waals surface area contributed by atoms with Crippen LogP contribution in [0, 0.1) is 0 Å². The Kier molecular flexibility index (Phi) is 30.6. The van der Waals surface area contributed by atoms with Gasteiger partial charge in [0, 0.05) is 12.8 Å². The summed E-state index contributed by atoms with van der Waals surface area (Å²) in [5.74, 6) is -0.879. The Balaban J connectivity index is 3.37. The van der Waals surface area contributed by atoms with Crippen molar-refractivity contribution < 1.29 is 19.4 Å². The largest absolute Gasteiger partial charge is 0.481 e. The van der Waals surface area contributed by atoms with Gasteiger partial charge in [0.15, 0.2) is 0 Å². The van der Waals surface area contributed by atoms with Crippen LogP contribution >= 0.6 is 0 Å². The van der Waals surface area contributed by atoms with Crippen LogP contribution in [0.4, 0.5) is 0 Å². The lowest BCUT2D eigenvalue weighted by molar-refractivity contribution is -0.150. The Bertz CT molecular complexity index is 519. The number of esters is 1. The molecule has 0 saturated carbocycles. The number of carbonyl (C=O) groups is 2. The molecule has 39 heavy (non-hydrogen) atoms. The molecule has 0 aliphatic rings. The summed E-state index contributed by atoms with van der Waals surface area (Å²) in [6, 6.07) is 0. The maximum Gasteiger partial charge on any atom is 0.306 e. The molecule has 4 nitrogen and oxygen atoms in total. The van der Waals surface area contributed by atoms with E-state index in [9.17, 15) is 9.59 Å². The molecule has 0 spiro atoms. The predicted molar refractivity (Wildman–Crippen MR) is 167 cm³/mol. The lowest BCUT2D eigenvalue weighted by atomic mass is 10.0. The normalized spacial score (nSPS) is 12.1. The highest BCUT2D eigenvalue weighted by molar-refractivity contribution is 5.69. The van der Waals surface area contributed by atoms with Crippen LogP contribution in [0.15, 0.2) is 0 Å². The van der Waals surface area contributed by atoms with Crippen LogP contribution in [0.1, 0.15) is 206 Å². The minimum atomic E-state index is -0.777. The van der Waals surface area contributed by atoms with Gasteiger partial charge in [-0.1, -0.05) is 168 Å². The standard InChI is InChI=1S/C35H68O4/c1-3-5-7-8-9-10-11-12-13-14-15-16-17-18-19-20-21-22-23-24-25-26-27-32-35(38)39-33(29-6-4-2)30-28-31-34(36)37/h33H,3-32H2,1-2H3,(H,36,37). The van der Waals surface area contributed by atoms with Gasteiger partial charge in [0.25, 0.3) is 0 Å². The van der Waals surface area contributed by atoms with E-state index >= 15 is 0 Å². The van der Waals surface area contributed by atoms with Crippen LogP contribution in [0.2, 0.25) is 0 Å². The first-order chi connectivity index (χ1) is 19.1. The van der Waals surface area contributed by atoms with Crippen LogP contribution in [-0.2, 0) is 14.3 Å². The summed E-state index contributed by atoms with van der Waals surface area (Å²) in [6.45, 7) is 4.41. The summed E-state index contributed by atoms with van der Waals surface area (Å²) >= 11 is 0. The maximum atomic E-state index is 12.2. The molecule has 0 rings (SSSR count). The number of carbonyl (C=O) groups excluding carboxylic acids is 1. The van der Waals surface area contributed by atoms with Crippen molar-refractivity contribution in [3.05, 3.63) is 0 Å². The van der Waals surface area contributed by atoms with E-state index in [2.05, 4.69) is 13.8 Å². The lowest BCUT2D eigenvalue weighted by Crippen LogP contribution is -2.18. The van der Waals surface area contributed by atoms with Crippen molar-refractivity contribution in [2.75, 3.05) is 0 Å². The molecule has 0 bridgehead atoms. The van der Waals surface area contributed by atoms with Crippen LogP contribution in [0.3, 0.4) is 0 Å². The number of hydrogen-bond acceptors (Lipinski definition) is 3. The molecule has 0 aromatic carbocycles. The van der Waals surface area contributed by atoms with Gasteiger partial charge in [-0.2, -0.15) is 0 Å². The molecule has 0 saturated heterocycles. The zero-order valence-electron chi connectivity index (χ0n) is 26.5. The van der Waals surface area contributed by atoms with Gasteiger partial charge in [0.05, 0.1) is 0 Å². The average Bonchev–Trinajstić information content (AvgIpc) is 2.91. The number of unbranched alkanes of at least 4 members (excludes halogenated alkanes) is 23. The van der Waals surface area contributed by atoms with Crippen molar-refractivity contribution >= 4 is 11.9 Å². The minimum absolute atomic E-state index is 0.102. The molecule has 232 valence electrons. The van der Waals surface area contributed by atoms with E-state index < -0.39 is 5.97 Å². The highest BCUT2D eigenvalue weighted by Crippen LogP contribution is 2.17. The zero-order valence-corrected chi connectivity index (χ0v) is 26.5. The van der Waals surface area contributed by atoms with Gasteiger partial charge in [0.1, 0.15) is 6.10 Å². The monoisotopic (exact) mass is 553 g/mol. The first-order valence-corrected chi connectivity index (χ1v) is 17.5. The maximum absolute atomic E-state index is 12.2. The van der Waals surface area contributed by atoms with E-state index in [1.165, 1.54) is 135 Å². The van der Waals surface area contributed by atoms with Crippen molar-refractivity contribution in [2.24, 2.45) is 0 Å². The Hall–Kier alpha value is -1.06. The SMILES string of the molecule is CCCCCCCCCCCCCCCCCCCCCCCCCC(=O)OC(CCCC)CCCC(=O)O. The number of ether oxygens (including phenoxy) is 1. The van der Waals surface area contributed by atoms with Crippen LogP contribution in [0.25, 0.3) is 0 Å². The van der Waals surface area contributed by atoms with Crippen molar-refractivity contribution in [1.82, 2.24) is 0 Å². The topological polar surface area (TPSA) is 63.6 Å². The number of carboxylic acids is 1. The summed E-state index contributed by atoms with van der Waals surface area (Å²) in [6.07, 6.45) is 36.2. The van der Waals surface area contributed by atoms with E-state index in [0.29, 0.717) is 19.3 Å². The zero-order chi connectivity index (χ0) is 28.7. The van der Waals surface area contributed by atoms with E-state index in [0.717, 1.165) is 32.1 Å². The van der Waals surface area contributed by atoms with Crippen molar-refractivity contribution in [3.8, 4) is 0 Å². The van der Waals surface area contributed by atoms with Crippen LogP contribution in [-0.4, -0.2) is 23.1 Å². The fourth-order valence-corrected chi connectivity index (χ4v) is 5.47. The molecular weight excluding hydrogens is 484 g/mol. The summed E-state index contributed by atoms with van der Waals surface area (Å²) in [5, 5.41) is 8.82. The number of carboxylic acid groups (broad SMARTS) is 1. The fourth-order valence-electron chi connectivity index (χ4n) is 5.47. The third-order valence-electron chi connectivity index (χ3n) is 8.08. The number of aliphatic carboxylic acids is 1. The number of rotatable bonds is 32. The Morgan fingerprint density at radius 2 is 0.795 bits per heavy atom. The molecule has 0 aliphatic heterocycles. The van der Waals surface area contributed by atoms with Gasteiger partial charge in [-0.05, 0) is 25.7 Å². The van der Waals surface area contributed by atoms with Gasteiger partial charge in [-0.3, -0.25) is 9.59 Å². The van der Waals surface area contributed by atoms with Crippen LogP contribution < -0.4 is 0 Å². The van der Waals surface area contributed by atoms with Gasteiger partial charge in [-0.25, -0.2) is 0 Å². The molecule has 0 aromatic heterocycles. The van der Waals surface area contributed by atoms with E-state index in [4.69, 9.17) is 9.84 Å². The number of hydrogen-bond donors (Lipinski definition) is 1. The highest BCUT2D eigenvalue weighted by Gasteiger charge is 2.14. The fraction of sp³-hybridized carbons (Fsp3) is 0.943. The summed E-state index contributed by atoms with van der Waals surface area (Å²) < 4.78 is 5.65. The quantitative estimate of drug-likeness (QED) is 0.0665. The molecule has 1 N–H and O–H groups in total. The third kappa shape index (κ3) is 31.3. The second-order valence-electron chi connectivity index (χ2n) is 12.1. The summed E-state index contributed by atoms with van der Waals surface area (Å²) in [4.78, 5) is 22.9. The Labute approximate surface area is 243 Å². The lowest BCUT2D eigenvalue weighted by Gasteiger charge is -2.17. The molecule has 4 heteroatoms. The van der Waals surface area contributed by atoms with E-state index in [-0.39, 0.29) is 18.5 Å². The summed E-state index contributed by atoms with van der Waals surface area (Å²) in [5.41, 5.74) is 0. The first-order valence-electron chi connectivity index (χ1n) is 17.5. The molecule has 0 aliphatic carbocycles. The van der Waals surface area contributed by atoms with E-state index in [1.54, 1.807) is 0 Å². The smallest absolute Gasteiger partial charge is 0.306 e. The molecule has 0 heterocycles. The van der Waals surface area contributed by atoms with Gasteiger partial charge >= 0.3 is 11.9 Å². The van der Waals surface area contributed by atoms with E-state index in [1.807, 2.05) is 0 Å². The van der Waals surface area contributed by atoms with Gasteiger partial charge in [0.2, 0.25) is 0 Å². The van der Waals surface area contributed by atoms with Crippen LogP contribution in [0.5, 0.6) is 0 Å². The Morgan fingerprint density at radius 1 is 0.462 bits per heavy atom. The molecule has 0 amide bonds. The summed E-state index contributed by atoms with van der Waals surface area (Å²) in [7, 11) is 0. The molecule has 1 unspecified atom stereocenters. The van der Waals surface area contributed by atoms with Gasteiger partial charge < -0.3 is 9.84 Å². The van der Waals surface area contributed by atoms with Crippen molar-refractivity contribution in [2.45, 2.75) is 213 Å². The van der Waals surface area contributed by atoms with Gasteiger partial charge in [-0.15, -0.1) is 0 Å². The molecule has 0 aromatic rings. The highest BCUT2D eigenvalue weighted by atomic mass is 16.5. The van der Waals surface area contributed by atoms with Crippen molar-refractivity contribution in [1.29, 1.82) is 0 Å². The molecule has 0 radical (unpaired) electrons. The first kappa shape index (κ1) is 37.9. The average molecular weight is 553 g/mol. The molecular formula is C35H68O4. The molecule has 0 fully saturated rings. The minimum Gasteiger partial charge on any atom is -0.481 e. The Morgan fingerprint density at radius 3 is 1.15 bits per heavy atom. The second-order valence-corrected chi connectivity index (χ2v) is 12.1. The molecule has 1 atom stereocenters. The predicted octanol–water partition coefficient (Wildman–Crippen LogP) is 11.7. The third-order valence-corrected chi connectivity index (χ3v) is 8.08. The van der Waals surface area contributed by atoms with Crippen molar-refractivity contribution in [3.63, 3.8) is 0 Å². The second kappa shape index (κ2) is 31.5.